The van der Waals surface area contributed by atoms with Gasteiger partial charge in [0.05, 0.1) is 24.5 Å². The van der Waals surface area contributed by atoms with E-state index in [4.69, 9.17) is 14.6 Å². The van der Waals surface area contributed by atoms with Gasteiger partial charge in [0.15, 0.2) is 0 Å². The predicted molar refractivity (Wildman–Crippen MR) is 97.6 cm³/mol. The molecule has 2 aromatic heterocycles. The van der Waals surface area contributed by atoms with Crippen LogP contribution >= 0.6 is 0 Å². The summed E-state index contributed by atoms with van der Waals surface area (Å²) in [5.74, 6) is 1.05. The fourth-order valence-electron chi connectivity index (χ4n) is 3.25. The number of aromatic nitrogens is 2. The molecule has 142 valence electrons. The van der Waals surface area contributed by atoms with Crippen molar-refractivity contribution in [3.63, 3.8) is 0 Å². The van der Waals surface area contributed by atoms with Crippen molar-refractivity contribution < 1.29 is 19.4 Å². The lowest BCUT2D eigenvalue weighted by atomic mass is 9.90. The smallest absolute Gasteiger partial charge is 0.410 e. The fourth-order valence-corrected chi connectivity index (χ4v) is 3.25. The molecule has 1 aliphatic rings. The summed E-state index contributed by atoms with van der Waals surface area (Å²) in [6, 6.07) is 3.89. The highest BCUT2D eigenvalue weighted by Crippen LogP contribution is 2.32. The van der Waals surface area contributed by atoms with Crippen LogP contribution in [0.1, 0.15) is 45.1 Å². The summed E-state index contributed by atoms with van der Waals surface area (Å²) in [7, 11) is 0. The first-order valence-electron chi connectivity index (χ1n) is 9.06. The zero-order valence-corrected chi connectivity index (χ0v) is 15.6. The molecular weight excluding hydrogens is 334 g/mol. The normalized spacial score (nSPS) is 16.1. The quantitative estimate of drug-likeness (QED) is 0.906. The van der Waals surface area contributed by atoms with Crippen LogP contribution in [0.5, 0.6) is 5.75 Å². The molecule has 7 nitrogen and oxygen atoms in total. The van der Waals surface area contributed by atoms with E-state index in [9.17, 15) is 4.79 Å². The average molecular weight is 361 g/mol. The number of carbonyl (C=O) groups is 1. The first-order chi connectivity index (χ1) is 12.4. The molecule has 0 aliphatic carbocycles. The molecular formula is C19H27N3O4. The van der Waals surface area contributed by atoms with Gasteiger partial charge in [0.25, 0.3) is 0 Å². The SMILES string of the molecule is CC(C)(C)OC(=O)N1CCC(c2cnn3cc(OCCO)ccc23)CC1. The summed E-state index contributed by atoms with van der Waals surface area (Å²) in [6.45, 7) is 7.28. The van der Waals surface area contributed by atoms with Gasteiger partial charge < -0.3 is 19.5 Å². The minimum absolute atomic E-state index is 0.0153. The maximum Gasteiger partial charge on any atom is 0.410 e. The minimum atomic E-state index is -0.466. The Hall–Kier alpha value is -2.28. The molecule has 2 aromatic rings. The van der Waals surface area contributed by atoms with Gasteiger partial charge in [-0.1, -0.05) is 0 Å². The molecule has 0 unspecified atom stereocenters. The number of ether oxygens (including phenoxy) is 2. The summed E-state index contributed by atoms with van der Waals surface area (Å²) < 4.78 is 12.7. The fraction of sp³-hybridized carbons (Fsp3) is 0.579. The Kier molecular flexibility index (Phi) is 5.36. The van der Waals surface area contributed by atoms with E-state index in [0.717, 1.165) is 18.4 Å². The molecule has 0 atom stereocenters. The van der Waals surface area contributed by atoms with Crippen LogP contribution in [0.2, 0.25) is 0 Å². The number of likely N-dealkylation sites (tertiary alicyclic amines) is 1. The molecule has 26 heavy (non-hydrogen) atoms. The van der Waals surface area contributed by atoms with Crippen molar-refractivity contribution in [2.24, 2.45) is 0 Å². The van der Waals surface area contributed by atoms with Crippen molar-refractivity contribution in [2.75, 3.05) is 26.3 Å². The standard InChI is InChI=1S/C19H27N3O4/c1-19(2,3)26-18(24)21-8-6-14(7-9-21)16-12-20-22-13-15(25-11-10-23)4-5-17(16)22/h4-5,12-14,23H,6-11H2,1-3H3. The Morgan fingerprint density at radius 3 is 2.69 bits per heavy atom. The third-order valence-electron chi connectivity index (χ3n) is 4.47. The molecule has 0 bridgehead atoms. The van der Waals surface area contributed by atoms with Gasteiger partial charge in [0.2, 0.25) is 0 Å². The van der Waals surface area contributed by atoms with Gasteiger partial charge in [0, 0.05) is 18.7 Å². The number of aliphatic hydroxyl groups excluding tert-OH is 1. The van der Waals surface area contributed by atoms with Gasteiger partial charge >= 0.3 is 6.09 Å². The Balaban J connectivity index is 1.65. The number of hydrogen-bond donors (Lipinski definition) is 1. The molecule has 1 saturated heterocycles. The highest BCUT2D eigenvalue weighted by atomic mass is 16.6. The van der Waals surface area contributed by atoms with E-state index >= 15 is 0 Å². The monoisotopic (exact) mass is 361 g/mol. The number of amides is 1. The highest BCUT2D eigenvalue weighted by Gasteiger charge is 2.28. The number of carbonyl (C=O) groups excluding carboxylic acids is 1. The van der Waals surface area contributed by atoms with E-state index in [1.807, 2.05) is 49.8 Å². The van der Waals surface area contributed by atoms with Crippen LogP contribution in [0.4, 0.5) is 4.79 Å². The largest absolute Gasteiger partial charge is 0.490 e. The number of nitrogens with zero attached hydrogens (tertiary/aromatic N) is 3. The van der Waals surface area contributed by atoms with Crippen LogP contribution < -0.4 is 4.74 Å². The van der Waals surface area contributed by atoms with Crippen LogP contribution in [0.25, 0.3) is 5.52 Å². The Bertz CT molecular complexity index is 758. The van der Waals surface area contributed by atoms with E-state index in [1.165, 1.54) is 5.56 Å². The van der Waals surface area contributed by atoms with Gasteiger partial charge in [-0.25, -0.2) is 9.31 Å². The van der Waals surface area contributed by atoms with E-state index < -0.39 is 5.60 Å². The van der Waals surface area contributed by atoms with Crippen molar-refractivity contribution in [2.45, 2.75) is 45.1 Å². The van der Waals surface area contributed by atoms with Gasteiger partial charge in [-0.2, -0.15) is 5.10 Å². The van der Waals surface area contributed by atoms with Crippen molar-refractivity contribution >= 4 is 11.6 Å². The average Bonchev–Trinajstić information content (AvgIpc) is 3.01. The van der Waals surface area contributed by atoms with Crippen molar-refractivity contribution in [1.29, 1.82) is 0 Å². The number of piperidine rings is 1. The molecule has 0 aromatic carbocycles. The topological polar surface area (TPSA) is 76.3 Å². The summed E-state index contributed by atoms with van der Waals surface area (Å²) in [4.78, 5) is 14.0. The lowest BCUT2D eigenvalue weighted by Crippen LogP contribution is -2.41. The van der Waals surface area contributed by atoms with Crippen molar-refractivity contribution in [3.05, 3.63) is 30.1 Å². The molecule has 1 N–H and O–H groups in total. The number of fused-ring (bicyclic) bond motifs is 1. The second-order valence-electron chi connectivity index (χ2n) is 7.61. The second-order valence-corrected chi connectivity index (χ2v) is 7.61. The van der Waals surface area contributed by atoms with Gasteiger partial charge in [-0.3, -0.25) is 0 Å². The summed E-state index contributed by atoms with van der Waals surface area (Å²) in [6.07, 6.45) is 5.28. The molecule has 3 heterocycles. The minimum Gasteiger partial charge on any atom is -0.490 e. The van der Waals surface area contributed by atoms with Crippen LogP contribution in [0, 0.1) is 0 Å². The molecule has 3 rings (SSSR count). The number of aliphatic hydroxyl groups is 1. The molecule has 1 aliphatic heterocycles. The lowest BCUT2D eigenvalue weighted by Gasteiger charge is -2.33. The first kappa shape index (κ1) is 18.5. The summed E-state index contributed by atoms with van der Waals surface area (Å²) >= 11 is 0. The maximum atomic E-state index is 12.2. The lowest BCUT2D eigenvalue weighted by molar-refractivity contribution is 0.0205. The molecule has 1 amide bonds. The van der Waals surface area contributed by atoms with Crippen LogP contribution in [-0.2, 0) is 4.74 Å². The number of rotatable bonds is 4. The maximum absolute atomic E-state index is 12.2. The Morgan fingerprint density at radius 1 is 1.31 bits per heavy atom. The third-order valence-corrected chi connectivity index (χ3v) is 4.47. The molecule has 1 fully saturated rings. The first-order valence-corrected chi connectivity index (χ1v) is 9.06. The molecule has 7 heteroatoms. The predicted octanol–water partition coefficient (Wildman–Crippen LogP) is 2.82. The Morgan fingerprint density at radius 2 is 2.04 bits per heavy atom. The zero-order valence-electron chi connectivity index (χ0n) is 15.6. The van der Waals surface area contributed by atoms with Gasteiger partial charge in [-0.15, -0.1) is 0 Å². The van der Waals surface area contributed by atoms with Crippen molar-refractivity contribution in [3.8, 4) is 5.75 Å². The van der Waals surface area contributed by atoms with Gasteiger partial charge in [0.1, 0.15) is 18.0 Å². The highest BCUT2D eigenvalue weighted by molar-refractivity contribution is 5.68. The van der Waals surface area contributed by atoms with E-state index in [0.29, 0.717) is 24.8 Å². The molecule has 0 saturated carbocycles. The molecule has 0 spiro atoms. The molecule has 0 radical (unpaired) electrons. The van der Waals surface area contributed by atoms with Crippen molar-refractivity contribution in [1.82, 2.24) is 14.5 Å². The number of pyridine rings is 1. The number of hydrogen-bond acceptors (Lipinski definition) is 5. The van der Waals surface area contributed by atoms with Crippen LogP contribution in [0.3, 0.4) is 0 Å². The third kappa shape index (κ3) is 4.27. The second kappa shape index (κ2) is 7.53. The zero-order chi connectivity index (χ0) is 18.7. The van der Waals surface area contributed by atoms with E-state index in [-0.39, 0.29) is 19.3 Å². The van der Waals surface area contributed by atoms with E-state index in [2.05, 4.69) is 5.10 Å². The van der Waals surface area contributed by atoms with Crippen LogP contribution in [0.15, 0.2) is 24.5 Å². The van der Waals surface area contributed by atoms with E-state index in [1.54, 1.807) is 4.90 Å². The summed E-state index contributed by atoms with van der Waals surface area (Å²) in [5, 5.41) is 13.3. The van der Waals surface area contributed by atoms with Gasteiger partial charge in [-0.05, 0) is 51.7 Å². The Labute approximate surface area is 153 Å². The summed E-state index contributed by atoms with van der Waals surface area (Å²) in [5.41, 5.74) is 1.78. The van der Waals surface area contributed by atoms with Crippen LogP contribution in [-0.4, -0.2) is 57.6 Å².